The van der Waals surface area contributed by atoms with Crippen LogP contribution in [0.4, 0.5) is 0 Å². The molecule has 4 rings (SSSR count). The largest absolute Gasteiger partial charge is 0.233 e. The topological polar surface area (TPSA) is 25.8 Å². The summed E-state index contributed by atoms with van der Waals surface area (Å²) in [5.74, 6) is 2.15. The van der Waals surface area contributed by atoms with E-state index < -0.39 is 0 Å². The SMILES string of the molecule is Clc1cc(C2CC2)nc(-c2ccc(C3CC3)cc2)n1. The van der Waals surface area contributed by atoms with Gasteiger partial charge in [0.25, 0.3) is 0 Å². The van der Waals surface area contributed by atoms with E-state index in [0.29, 0.717) is 11.1 Å². The Morgan fingerprint density at radius 1 is 0.895 bits per heavy atom. The first kappa shape index (κ1) is 11.4. The molecule has 0 aliphatic heterocycles. The molecule has 2 aliphatic rings. The van der Waals surface area contributed by atoms with Gasteiger partial charge in [0.15, 0.2) is 5.82 Å². The number of benzene rings is 1. The molecule has 2 fully saturated rings. The Kier molecular flexibility index (Phi) is 2.59. The molecule has 96 valence electrons. The lowest BCUT2D eigenvalue weighted by Gasteiger charge is -2.05. The number of hydrogen-bond donors (Lipinski definition) is 0. The maximum absolute atomic E-state index is 6.11. The smallest absolute Gasteiger partial charge is 0.161 e. The van der Waals surface area contributed by atoms with Gasteiger partial charge in [-0.1, -0.05) is 35.9 Å². The van der Waals surface area contributed by atoms with Crippen molar-refractivity contribution in [3.8, 4) is 11.4 Å². The van der Waals surface area contributed by atoms with Crippen LogP contribution in [0.1, 0.15) is 48.8 Å². The van der Waals surface area contributed by atoms with Crippen molar-refractivity contribution in [1.29, 1.82) is 0 Å². The van der Waals surface area contributed by atoms with E-state index in [9.17, 15) is 0 Å². The molecule has 0 radical (unpaired) electrons. The predicted octanol–water partition coefficient (Wildman–Crippen LogP) is 4.55. The van der Waals surface area contributed by atoms with E-state index in [4.69, 9.17) is 11.6 Å². The van der Waals surface area contributed by atoms with Crippen molar-refractivity contribution in [2.24, 2.45) is 0 Å². The van der Waals surface area contributed by atoms with Gasteiger partial charge in [-0.2, -0.15) is 0 Å². The summed E-state index contributed by atoms with van der Waals surface area (Å²) in [5, 5.41) is 0.554. The third kappa shape index (κ3) is 2.37. The molecule has 2 nitrogen and oxygen atoms in total. The third-order valence-electron chi connectivity index (χ3n) is 3.93. The van der Waals surface area contributed by atoms with Crippen molar-refractivity contribution >= 4 is 11.6 Å². The second kappa shape index (κ2) is 4.31. The zero-order valence-corrected chi connectivity index (χ0v) is 11.4. The van der Waals surface area contributed by atoms with Gasteiger partial charge in [0.2, 0.25) is 0 Å². The van der Waals surface area contributed by atoms with Crippen LogP contribution >= 0.6 is 11.6 Å². The van der Waals surface area contributed by atoms with Gasteiger partial charge in [0, 0.05) is 17.2 Å². The lowest BCUT2D eigenvalue weighted by Crippen LogP contribution is -1.95. The molecule has 1 aromatic carbocycles. The zero-order valence-electron chi connectivity index (χ0n) is 10.6. The zero-order chi connectivity index (χ0) is 12.8. The fraction of sp³-hybridized carbons (Fsp3) is 0.375. The maximum Gasteiger partial charge on any atom is 0.161 e. The Bertz CT molecular complexity index is 613. The number of aromatic nitrogens is 2. The number of rotatable bonds is 3. The summed E-state index contributed by atoms with van der Waals surface area (Å²) in [5.41, 5.74) is 3.60. The highest BCUT2D eigenvalue weighted by Crippen LogP contribution is 2.41. The highest BCUT2D eigenvalue weighted by Gasteiger charge is 2.26. The minimum atomic E-state index is 0.554. The molecule has 0 amide bonds. The number of nitrogens with zero attached hydrogens (tertiary/aromatic N) is 2. The molecule has 0 bridgehead atoms. The maximum atomic E-state index is 6.11. The molecular formula is C16H15ClN2. The van der Waals surface area contributed by atoms with E-state index in [2.05, 4.69) is 34.2 Å². The minimum absolute atomic E-state index is 0.554. The van der Waals surface area contributed by atoms with Gasteiger partial charge in [-0.25, -0.2) is 9.97 Å². The molecule has 0 spiro atoms. The van der Waals surface area contributed by atoms with Gasteiger partial charge >= 0.3 is 0 Å². The Morgan fingerprint density at radius 2 is 1.58 bits per heavy atom. The van der Waals surface area contributed by atoms with Gasteiger partial charge < -0.3 is 0 Å². The average molecular weight is 271 g/mol. The van der Waals surface area contributed by atoms with E-state index in [0.717, 1.165) is 23.0 Å². The Labute approximate surface area is 117 Å². The summed E-state index contributed by atoms with van der Waals surface area (Å²) in [4.78, 5) is 9.02. The summed E-state index contributed by atoms with van der Waals surface area (Å²) < 4.78 is 0. The van der Waals surface area contributed by atoms with E-state index in [1.165, 1.54) is 31.2 Å². The minimum Gasteiger partial charge on any atom is -0.233 e. The van der Waals surface area contributed by atoms with Crippen LogP contribution in [0.3, 0.4) is 0 Å². The van der Waals surface area contributed by atoms with Gasteiger partial charge in [0.05, 0.1) is 0 Å². The van der Waals surface area contributed by atoms with Crippen molar-refractivity contribution in [2.75, 3.05) is 0 Å². The molecule has 0 saturated heterocycles. The summed E-state index contributed by atoms with van der Waals surface area (Å²) in [6.07, 6.45) is 5.12. The van der Waals surface area contributed by atoms with E-state index in [1.54, 1.807) is 0 Å². The fourth-order valence-electron chi connectivity index (χ4n) is 2.47. The molecule has 0 N–H and O–H groups in total. The van der Waals surface area contributed by atoms with E-state index in [-0.39, 0.29) is 0 Å². The average Bonchev–Trinajstić information content (AvgIpc) is 3.31. The first-order valence-corrected chi connectivity index (χ1v) is 7.32. The molecule has 19 heavy (non-hydrogen) atoms. The van der Waals surface area contributed by atoms with Crippen LogP contribution < -0.4 is 0 Å². The predicted molar refractivity (Wildman–Crippen MR) is 76.4 cm³/mol. The lowest BCUT2D eigenvalue weighted by atomic mass is 10.1. The highest BCUT2D eigenvalue weighted by atomic mass is 35.5. The Balaban J connectivity index is 1.69. The summed E-state index contributed by atoms with van der Waals surface area (Å²) in [7, 11) is 0. The van der Waals surface area contributed by atoms with Crippen molar-refractivity contribution < 1.29 is 0 Å². The van der Waals surface area contributed by atoms with Crippen LogP contribution in [-0.4, -0.2) is 9.97 Å². The van der Waals surface area contributed by atoms with Crippen LogP contribution in [0.5, 0.6) is 0 Å². The van der Waals surface area contributed by atoms with Crippen LogP contribution in [0, 0.1) is 0 Å². The molecule has 2 aromatic rings. The Hall–Kier alpha value is -1.41. The Morgan fingerprint density at radius 3 is 2.21 bits per heavy atom. The van der Waals surface area contributed by atoms with E-state index >= 15 is 0 Å². The normalized spacial score (nSPS) is 18.6. The van der Waals surface area contributed by atoms with Crippen LogP contribution in [-0.2, 0) is 0 Å². The first-order valence-electron chi connectivity index (χ1n) is 6.94. The molecule has 0 unspecified atom stereocenters. The molecule has 1 aromatic heterocycles. The van der Waals surface area contributed by atoms with Crippen molar-refractivity contribution in [3.05, 3.63) is 46.7 Å². The molecule has 0 atom stereocenters. The fourth-order valence-corrected chi connectivity index (χ4v) is 2.67. The highest BCUT2D eigenvalue weighted by molar-refractivity contribution is 6.29. The second-order valence-electron chi connectivity index (χ2n) is 5.61. The van der Waals surface area contributed by atoms with Gasteiger partial charge in [-0.05, 0) is 43.2 Å². The summed E-state index contributed by atoms with van der Waals surface area (Å²) >= 11 is 6.11. The van der Waals surface area contributed by atoms with Crippen LogP contribution in [0.25, 0.3) is 11.4 Å². The van der Waals surface area contributed by atoms with Crippen LogP contribution in [0.2, 0.25) is 5.15 Å². The quantitative estimate of drug-likeness (QED) is 0.765. The molecule has 3 heteroatoms. The van der Waals surface area contributed by atoms with Gasteiger partial charge in [0.1, 0.15) is 5.15 Å². The molecule has 2 aliphatic carbocycles. The second-order valence-corrected chi connectivity index (χ2v) is 6.00. The van der Waals surface area contributed by atoms with Crippen LogP contribution in [0.15, 0.2) is 30.3 Å². The standard InChI is InChI=1S/C16H15ClN2/c17-15-9-14(12-5-6-12)18-16(19-15)13-7-3-11(4-8-13)10-1-2-10/h3-4,7-10,12H,1-2,5-6H2. The van der Waals surface area contributed by atoms with Gasteiger partial charge in [-0.15, -0.1) is 0 Å². The lowest BCUT2D eigenvalue weighted by molar-refractivity contribution is 0.994. The van der Waals surface area contributed by atoms with Crippen molar-refractivity contribution in [1.82, 2.24) is 9.97 Å². The summed E-state index contributed by atoms with van der Waals surface area (Å²) in [6.45, 7) is 0. The number of hydrogen-bond acceptors (Lipinski definition) is 2. The molecular weight excluding hydrogens is 256 g/mol. The van der Waals surface area contributed by atoms with Crippen molar-refractivity contribution in [2.45, 2.75) is 37.5 Å². The number of halogens is 1. The first-order chi connectivity index (χ1) is 9.29. The van der Waals surface area contributed by atoms with E-state index in [1.807, 2.05) is 6.07 Å². The molecule has 1 heterocycles. The third-order valence-corrected chi connectivity index (χ3v) is 4.12. The molecule has 2 saturated carbocycles. The summed E-state index contributed by atoms with van der Waals surface area (Å²) in [6, 6.07) is 10.6. The van der Waals surface area contributed by atoms with Crippen molar-refractivity contribution in [3.63, 3.8) is 0 Å². The van der Waals surface area contributed by atoms with Gasteiger partial charge in [-0.3, -0.25) is 0 Å². The monoisotopic (exact) mass is 270 g/mol.